The maximum atomic E-state index is 12.1. The maximum Gasteiger partial charge on any atom is 0.253 e. The van der Waals surface area contributed by atoms with Crippen LogP contribution in [0.4, 0.5) is 5.69 Å². The van der Waals surface area contributed by atoms with Crippen LogP contribution in [-0.4, -0.2) is 32.0 Å². The summed E-state index contributed by atoms with van der Waals surface area (Å²) in [6, 6.07) is 4.88. The summed E-state index contributed by atoms with van der Waals surface area (Å²) in [7, 11) is 1.55. The zero-order valence-corrected chi connectivity index (χ0v) is 13.5. The van der Waals surface area contributed by atoms with E-state index in [0.29, 0.717) is 28.6 Å². The number of nitrogens with one attached hydrogen (secondary N) is 3. The Morgan fingerprint density at radius 1 is 1.32 bits per heavy atom. The van der Waals surface area contributed by atoms with E-state index in [1.165, 1.54) is 0 Å². The van der Waals surface area contributed by atoms with Gasteiger partial charge in [-0.1, -0.05) is 11.6 Å². The third-order valence-corrected chi connectivity index (χ3v) is 4.20. The highest BCUT2D eigenvalue weighted by molar-refractivity contribution is 6.31. The smallest absolute Gasteiger partial charge is 0.253 e. The van der Waals surface area contributed by atoms with Crippen LogP contribution in [0, 0.1) is 5.92 Å². The number of halogens is 1. The first kappa shape index (κ1) is 16.8. The lowest BCUT2D eigenvalue weighted by molar-refractivity contribution is -0.116. The zero-order chi connectivity index (χ0) is 15.9. The van der Waals surface area contributed by atoms with Crippen molar-refractivity contribution in [2.24, 2.45) is 5.92 Å². The third kappa shape index (κ3) is 4.71. The first-order valence-corrected chi connectivity index (χ1v) is 8.00. The second-order valence-electron chi connectivity index (χ2n) is 5.55. The lowest BCUT2D eigenvalue weighted by atomic mass is 9.93. The number of hydrogen-bond donors (Lipinski definition) is 3. The number of carbonyl (C=O) groups is 2. The monoisotopic (exact) mass is 323 g/mol. The van der Waals surface area contributed by atoms with Crippen LogP contribution in [0.5, 0.6) is 0 Å². The summed E-state index contributed by atoms with van der Waals surface area (Å²) in [5, 5.41) is 9.15. The second-order valence-corrected chi connectivity index (χ2v) is 5.99. The van der Waals surface area contributed by atoms with Gasteiger partial charge >= 0.3 is 0 Å². The van der Waals surface area contributed by atoms with E-state index in [1.807, 2.05) is 0 Å². The van der Waals surface area contributed by atoms with Crippen molar-refractivity contribution in [3.63, 3.8) is 0 Å². The lowest BCUT2D eigenvalue weighted by Gasteiger charge is -2.22. The summed E-state index contributed by atoms with van der Waals surface area (Å²) < 4.78 is 0. The molecule has 1 aliphatic rings. The van der Waals surface area contributed by atoms with E-state index in [2.05, 4.69) is 16.0 Å². The topological polar surface area (TPSA) is 70.2 Å². The van der Waals surface area contributed by atoms with Gasteiger partial charge in [-0.25, -0.2) is 0 Å². The molecule has 1 aliphatic heterocycles. The largest absolute Gasteiger partial charge is 0.355 e. The molecule has 2 amide bonds. The van der Waals surface area contributed by atoms with Crippen molar-refractivity contribution >= 4 is 29.1 Å². The van der Waals surface area contributed by atoms with Crippen LogP contribution < -0.4 is 16.0 Å². The van der Waals surface area contributed by atoms with Crippen molar-refractivity contribution in [3.8, 4) is 0 Å². The van der Waals surface area contributed by atoms with Crippen molar-refractivity contribution in [2.45, 2.75) is 25.7 Å². The second kappa shape index (κ2) is 8.15. The van der Waals surface area contributed by atoms with Crippen LogP contribution in [0.2, 0.25) is 5.02 Å². The van der Waals surface area contributed by atoms with Gasteiger partial charge in [0.05, 0.1) is 11.3 Å². The molecular formula is C16H22ClN3O2. The Hall–Kier alpha value is -1.59. The number of amides is 2. The van der Waals surface area contributed by atoms with E-state index in [4.69, 9.17) is 11.6 Å². The van der Waals surface area contributed by atoms with Gasteiger partial charge in [-0.15, -0.1) is 0 Å². The number of hydrogen-bond acceptors (Lipinski definition) is 3. The average molecular weight is 324 g/mol. The van der Waals surface area contributed by atoms with Crippen LogP contribution >= 0.6 is 11.6 Å². The highest BCUT2D eigenvalue weighted by Crippen LogP contribution is 2.22. The van der Waals surface area contributed by atoms with Crippen LogP contribution in [-0.2, 0) is 4.79 Å². The molecule has 120 valence electrons. The fourth-order valence-corrected chi connectivity index (χ4v) is 2.84. The number of carbonyl (C=O) groups excluding carboxylic acids is 2. The molecule has 5 nitrogen and oxygen atoms in total. The SMILES string of the molecule is CNC(=O)c1cc(Cl)ccc1NC(=O)CCC1CCNCC1. The molecule has 2 rings (SSSR count). The van der Waals surface area contributed by atoms with Crippen molar-refractivity contribution in [2.75, 3.05) is 25.5 Å². The molecule has 22 heavy (non-hydrogen) atoms. The van der Waals surface area contributed by atoms with Gasteiger partial charge in [-0.05, 0) is 56.5 Å². The Balaban J connectivity index is 1.94. The molecule has 6 heteroatoms. The maximum absolute atomic E-state index is 12.1. The summed E-state index contributed by atoms with van der Waals surface area (Å²) in [6.07, 6.45) is 3.60. The fourth-order valence-electron chi connectivity index (χ4n) is 2.67. The normalized spacial score (nSPS) is 15.4. The van der Waals surface area contributed by atoms with Crippen LogP contribution in [0.15, 0.2) is 18.2 Å². The van der Waals surface area contributed by atoms with Crippen LogP contribution in [0.1, 0.15) is 36.0 Å². The summed E-state index contributed by atoms with van der Waals surface area (Å²) in [6.45, 7) is 2.06. The van der Waals surface area contributed by atoms with E-state index < -0.39 is 0 Å². The zero-order valence-electron chi connectivity index (χ0n) is 12.7. The molecule has 1 saturated heterocycles. The fraction of sp³-hybridized carbons (Fsp3) is 0.500. The van der Waals surface area contributed by atoms with Crippen molar-refractivity contribution in [1.82, 2.24) is 10.6 Å². The molecule has 0 aliphatic carbocycles. The molecule has 1 aromatic rings. The Morgan fingerprint density at radius 3 is 2.73 bits per heavy atom. The van der Waals surface area contributed by atoms with E-state index >= 15 is 0 Å². The third-order valence-electron chi connectivity index (χ3n) is 3.97. The van der Waals surface area contributed by atoms with Crippen LogP contribution in [0.25, 0.3) is 0 Å². The summed E-state index contributed by atoms with van der Waals surface area (Å²) in [4.78, 5) is 24.0. The number of rotatable bonds is 5. The number of piperidine rings is 1. The molecule has 1 fully saturated rings. The molecule has 0 bridgehead atoms. The van der Waals surface area contributed by atoms with Crippen molar-refractivity contribution in [3.05, 3.63) is 28.8 Å². The average Bonchev–Trinajstić information content (AvgIpc) is 2.55. The summed E-state index contributed by atoms with van der Waals surface area (Å²) in [5.74, 6) is 0.276. The molecule has 0 unspecified atom stereocenters. The number of benzene rings is 1. The molecule has 1 heterocycles. The molecular weight excluding hydrogens is 302 g/mol. The van der Waals surface area contributed by atoms with Gasteiger partial charge < -0.3 is 16.0 Å². The molecule has 0 aromatic heterocycles. The molecule has 3 N–H and O–H groups in total. The van der Waals surface area contributed by atoms with E-state index in [0.717, 1.165) is 32.4 Å². The minimum absolute atomic E-state index is 0.0639. The molecule has 0 radical (unpaired) electrons. The van der Waals surface area contributed by atoms with E-state index in [-0.39, 0.29) is 11.8 Å². The molecule has 0 atom stereocenters. The van der Waals surface area contributed by atoms with Gasteiger partial charge in [0, 0.05) is 18.5 Å². The minimum atomic E-state index is -0.267. The molecule has 1 aromatic carbocycles. The lowest BCUT2D eigenvalue weighted by Crippen LogP contribution is -2.28. The quantitative estimate of drug-likeness (QED) is 0.779. The predicted molar refractivity (Wildman–Crippen MR) is 88.3 cm³/mol. The highest BCUT2D eigenvalue weighted by Gasteiger charge is 2.16. The van der Waals surface area contributed by atoms with Crippen LogP contribution in [0.3, 0.4) is 0 Å². The van der Waals surface area contributed by atoms with Gasteiger partial charge in [0.2, 0.25) is 5.91 Å². The van der Waals surface area contributed by atoms with E-state index in [1.54, 1.807) is 25.2 Å². The Labute approximate surface area is 135 Å². The molecule has 0 saturated carbocycles. The van der Waals surface area contributed by atoms with Gasteiger partial charge in [0.25, 0.3) is 5.91 Å². The number of anilines is 1. The predicted octanol–water partition coefficient (Wildman–Crippen LogP) is 2.42. The van der Waals surface area contributed by atoms with E-state index in [9.17, 15) is 9.59 Å². The minimum Gasteiger partial charge on any atom is -0.355 e. The standard InChI is InChI=1S/C16H22ClN3O2/c1-18-16(22)13-10-12(17)3-4-14(13)20-15(21)5-2-11-6-8-19-9-7-11/h3-4,10-11,19H,2,5-9H2,1H3,(H,18,22)(H,20,21). The molecule has 0 spiro atoms. The Morgan fingerprint density at radius 2 is 2.05 bits per heavy atom. The van der Waals surface area contributed by atoms with Gasteiger partial charge in [-0.2, -0.15) is 0 Å². The first-order chi connectivity index (χ1) is 10.6. The first-order valence-electron chi connectivity index (χ1n) is 7.62. The van der Waals surface area contributed by atoms with Crippen molar-refractivity contribution in [1.29, 1.82) is 0 Å². The Bertz CT molecular complexity index is 542. The highest BCUT2D eigenvalue weighted by atomic mass is 35.5. The summed E-state index contributed by atoms with van der Waals surface area (Å²) >= 11 is 5.92. The van der Waals surface area contributed by atoms with Gasteiger partial charge in [-0.3, -0.25) is 9.59 Å². The van der Waals surface area contributed by atoms with Gasteiger partial charge in [0.1, 0.15) is 0 Å². The van der Waals surface area contributed by atoms with Gasteiger partial charge in [0.15, 0.2) is 0 Å². The Kier molecular flexibility index (Phi) is 6.21. The van der Waals surface area contributed by atoms with Crippen molar-refractivity contribution < 1.29 is 9.59 Å². The summed E-state index contributed by atoms with van der Waals surface area (Å²) in [5.41, 5.74) is 0.879.